The van der Waals surface area contributed by atoms with E-state index >= 15 is 0 Å². The average Bonchev–Trinajstić information content (AvgIpc) is 3.44. The van der Waals surface area contributed by atoms with Crippen molar-refractivity contribution in [3.63, 3.8) is 0 Å². The topological polar surface area (TPSA) is 94.2 Å². The predicted molar refractivity (Wildman–Crippen MR) is 146 cm³/mol. The first-order valence-electron chi connectivity index (χ1n) is 11.8. The first kappa shape index (κ1) is 24.9. The number of carbonyl (C=O) groups excluding carboxylic acids is 1. The highest BCUT2D eigenvalue weighted by Gasteiger charge is 2.20. The van der Waals surface area contributed by atoms with Crippen LogP contribution < -0.4 is 10.9 Å². The highest BCUT2D eigenvalue weighted by atomic mass is 35.5. The Morgan fingerprint density at radius 2 is 1.97 bits per heavy atom. The van der Waals surface area contributed by atoms with Crippen LogP contribution in [-0.4, -0.2) is 36.6 Å². The molecule has 0 aliphatic carbocycles. The van der Waals surface area contributed by atoms with Crippen LogP contribution in [0.1, 0.15) is 28.3 Å². The van der Waals surface area contributed by atoms with Gasteiger partial charge in [-0.05, 0) is 56.7 Å². The molecule has 37 heavy (non-hydrogen) atoms. The second-order valence-electron chi connectivity index (χ2n) is 8.83. The summed E-state index contributed by atoms with van der Waals surface area (Å²) >= 11 is 7.57. The molecule has 5 aromatic rings. The molecule has 1 amide bonds. The van der Waals surface area contributed by atoms with Crippen molar-refractivity contribution in [3.05, 3.63) is 97.8 Å². The van der Waals surface area contributed by atoms with E-state index in [2.05, 4.69) is 15.3 Å². The van der Waals surface area contributed by atoms with E-state index in [1.54, 1.807) is 17.8 Å². The molecule has 0 spiro atoms. The molecule has 8 nitrogen and oxygen atoms in total. The van der Waals surface area contributed by atoms with Crippen LogP contribution in [0.2, 0.25) is 5.02 Å². The number of nitrogens with zero attached hydrogens (tertiary/aromatic N) is 5. The van der Waals surface area contributed by atoms with E-state index in [-0.39, 0.29) is 17.9 Å². The maximum absolute atomic E-state index is 13.7. The number of pyridine rings is 1. The van der Waals surface area contributed by atoms with E-state index in [0.717, 1.165) is 22.6 Å². The Hall–Kier alpha value is -3.82. The molecule has 0 saturated heterocycles. The monoisotopic (exact) mass is 532 g/mol. The molecule has 0 fully saturated rings. The number of aryl methyl sites for hydroxylation is 3. The summed E-state index contributed by atoms with van der Waals surface area (Å²) in [5.74, 6) is -0.166. The lowest BCUT2D eigenvalue weighted by Crippen LogP contribution is -2.29. The number of thiazole rings is 1. The zero-order chi connectivity index (χ0) is 26.1. The van der Waals surface area contributed by atoms with Gasteiger partial charge in [0.15, 0.2) is 4.96 Å². The van der Waals surface area contributed by atoms with Gasteiger partial charge in [-0.3, -0.25) is 19.0 Å². The molecular formula is C27H25ClN6O2S. The minimum Gasteiger partial charge on any atom is -0.355 e. The van der Waals surface area contributed by atoms with Crippen molar-refractivity contribution in [3.8, 4) is 16.9 Å². The summed E-state index contributed by atoms with van der Waals surface area (Å²) in [6.07, 6.45) is 2.44. The van der Waals surface area contributed by atoms with Gasteiger partial charge >= 0.3 is 0 Å². The number of carbonyl (C=O) groups is 1. The predicted octanol–water partition coefficient (Wildman–Crippen LogP) is 4.48. The maximum Gasteiger partial charge on any atom is 0.268 e. The van der Waals surface area contributed by atoms with Crippen LogP contribution in [-0.2, 0) is 17.6 Å². The van der Waals surface area contributed by atoms with Crippen LogP contribution in [0.25, 0.3) is 21.9 Å². The van der Waals surface area contributed by atoms with Gasteiger partial charge < -0.3 is 5.32 Å². The summed E-state index contributed by atoms with van der Waals surface area (Å²) in [5, 5.41) is 10.1. The van der Waals surface area contributed by atoms with Gasteiger partial charge in [-0.2, -0.15) is 5.10 Å². The molecule has 1 N–H and O–H groups in total. The first-order valence-corrected chi connectivity index (χ1v) is 13.1. The van der Waals surface area contributed by atoms with Crippen molar-refractivity contribution in [1.82, 2.24) is 29.5 Å². The Bertz CT molecular complexity index is 1670. The van der Waals surface area contributed by atoms with Gasteiger partial charge in [0.2, 0.25) is 5.91 Å². The molecule has 0 saturated carbocycles. The molecule has 1 aromatic carbocycles. The fourth-order valence-corrected chi connectivity index (χ4v) is 5.37. The van der Waals surface area contributed by atoms with Gasteiger partial charge in [0.1, 0.15) is 5.69 Å². The molecule has 0 atom stereocenters. The van der Waals surface area contributed by atoms with Crippen molar-refractivity contribution in [2.45, 2.75) is 33.6 Å². The number of aromatic nitrogens is 5. The molecule has 188 valence electrons. The van der Waals surface area contributed by atoms with Crippen molar-refractivity contribution < 1.29 is 4.79 Å². The van der Waals surface area contributed by atoms with Crippen LogP contribution in [0.4, 0.5) is 0 Å². The molecule has 10 heteroatoms. The molecule has 0 aliphatic heterocycles. The molecule has 0 bridgehead atoms. The Morgan fingerprint density at radius 3 is 2.76 bits per heavy atom. The molecule has 0 aliphatic rings. The lowest BCUT2D eigenvalue weighted by molar-refractivity contribution is -0.120. The minimum absolute atomic E-state index is 0.0709. The third kappa shape index (κ3) is 5.05. The van der Waals surface area contributed by atoms with Crippen LogP contribution in [0.5, 0.6) is 0 Å². The number of nitrogens with one attached hydrogen (secondary N) is 1. The highest BCUT2D eigenvalue weighted by Crippen LogP contribution is 2.26. The Labute approximate surface area is 222 Å². The zero-order valence-corrected chi connectivity index (χ0v) is 22.2. The van der Waals surface area contributed by atoms with Gasteiger partial charge in [-0.25, -0.2) is 9.67 Å². The fraction of sp³-hybridized carbons (Fsp3) is 0.222. The van der Waals surface area contributed by atoms with E-state index in [0.29, 0.717) is 45.6 Å². The Kier molecular flexibility index (Phi) is 6.90. The number of rotatable bonds is 7. The smallest absolute Gasteiger partial charge is 0.268 e. The summed E-state index contributed by atoms with van der Waals surface area (Å²) in [6.45, 7) is 6.19. The summed E-state index contributed by atoms with van der Waals surface area (Å²) in [4.78, 5) is 35.8. The van der Waals surface area contributed by atoms with E-state index in [4.69, 9.17) is 16.7 Å². The third-order valence-corrected chi connectivity index (χ3v) is 7.24. The van der Waals surface area contributed by atoms with E-state index < -0.39 is 0 Å². The normalized spacial score (nSPS) is 11.2. The molecule has 4 aromatic heterocycles. The van der Waals surface area contributed by atoms with E-state index in [1.807, 2.05) is 61.7 Å². The fourth-order valence-electron chi connectivity index (χ4n) is 4.28. The SMILES string of the molecule is Cc1ccc(Cl)cc1-n1nc(-c2c(C)nc3scc(CC(=O)NCCc4ccccn4)n3c2=O)cc1C. The van der Waals surface area contributed by atoms with E-state index in [9.17, 15) is 9.59 Å². The van der Waals surface area contributed by atoms with Crippen LogP contribution >= 0.6 is 22.9 Å². The summed E-state index contributed by atoms with van der Waals surface area (Å²) in [7, 11) is 0. The number of benzene rings is 1. The molecule has 0 radical (unpaired) electrons. The number of hydrogen-bond donors (Lipinski definition) is 1. The van der Waals surface area contributed by atoms with Gasteiger partial charge in [-0.15, -0.1) is 11.3 Å². The van der Waals surface area contributed by atoms with Crippen molar-refractivity contribution >= 4 is 33.8 Å². The van der Waals surface area contributed by atoms with Crippen molar-refractivity contribution in [1.29, 1.82) is 0 Å². The lowest BCUT2D eigenvalue weighted by atomic mass is 10.1. The van der Waals surface area contributed by atoms with Crippen molar-refractivity contribution in [2.75, 3.05) is 6.54 Å². The molecular weight excluding hydrogens is 508 g/mol. The summed E-state index contributed by atoms with van der Waals surface area (Å²) < 4.78 is 3.30. The number of amides is 1. The van der Waals surface area contributed by atoms with Gasteiger partial charge in [-0.1, -0.05) is 23.7 Å². The first-order chi connectivity index (χ1) is 17.8. The van der Waals surface area contributed by atoms with Crippen LogP contribution in [0, 0.1) is 20.8 Å². The molecule has 0 unspecified atom stereocenters. The van der Waals surface area contributed by atoms with Crippen molar-refractivity contribution in [2.24, 2.45) is 0 Å². The quantitative estimate of drug-likeness (QED) is 0.333. The average molecular weight is 533 g/mol. The lowest BCUT2D eigenvalue weighted by Gasteiger charge is -2.09. The third-order valence-electron chi connectivity index (χ3n) is 6.14. The zero-order valence-electron chi connectivity index (χ0n) is 20.7. The summed E-state index contributed by atoms with van der Waals surface area (Å²) in [5.41, 5.74) is 5.51. The second kappa shape index (κ2) is 10.3. The summed E-state index contributed by atoms with van der Waals surface area (Å²) in [6, 6.07) is 13.2. The van der Waals surface area contributed by atoms with E-state index in [1.165, 1.54) is 15.7 Å². The largest absolute Gasteiger partial charge is 0.355 e. The Morgan fingerprint density at radius 1 is 1.14 bits per heavy atom. The van der Waals surface area contributed by atoms with Gasteiger partial charge in [0, 0.05) is 46.6 Å². The Balaban J connectivity index is 1.44. The number of fused-ring (bicyclic) bond motifs is 1. The van der Waals surface area contributed by atoms with Crippen LogP contribution in [0.15, 0.2) is 58.8 Å². The minimum atomic E-state index is -0.243. The number of hydrogen-bond acceptors (Lipinski definition) is 6. The number of halogens is 1. The maximum atomic E-state index is 13.7. The second-order valence-corrected chi connectivity index (χ2v) is 10.1. The van der Waals surface area contributed by atoms with Gasteiger partial charge in [0.05, 0.1) is 23.4 Å². The molecule has 5 rings (SSSR count). The standard InChI is InChI=1S/C27H25ClN6O2S/c1-16-7-8-19(28)13-23(16)34-17(2)12-22(32-34)25-18(3)31-27-33(26(25)36)21(15-37-27)14-24(35)30-11-9-20-6-4-5-10-29-20/h4-8,10,12-13,15H,9,11,14H2,1-3H3,(H,30,35). The molecule has 4 heterocycles. The van der Waals surface area contributed by atoms with Crippen LogP contribution in [0.3, 0.4) is 0 Å². The van der Waals surface area contributed by atoms with Gasteiger partial charge in [0.25, 0.3) is 5.56 Å². The highest BCUT2D eigenvalue weighted by molar-refractivity contribution is 7.15.